The Balaban J connectivity index is 2.77. The van der Waals surface area contributed by atoms with Crippen LogP contribution >= 0.6 is 0 Å². The molecule has 0 fully saturated rings. The number of ether oxygens (including phenoxy) is 1. The summed E-state index contributed by atoms with van der Waals surface area (Å²) >= 11 is 0. The summed E-state index contributed by atoms with van der Waals surface area (Å²) in [7, 11) is 3.23. The topological polar surface area (TPSA) is 76.4 Å². The number of anilines is 2. The summed E-state index contributed by atoms with van der Waals surface area (Å²) in [4.78, 5) is 11.7. The van der Waals surface area contributed by atoms with Gasteiger partial charge >= 0.3 is 0 Å². The van der Waals surface area contributed by atoms with Crippen molar-refractivity contribution < 1.29 is 9.53 Å². The number of nitrogens with one attached hydrogen (secondary N) is 2. The first-order chi connectivity index (χ1) is 8.40. The van der Waals surface area contributed by atoms with E-state index in [4.69, 9.17) is 10.5 Å². The maximum absolute atomic E-state index is 11.7. The van der Waals surface area contributed by atoms with Crippen LogP contribution in [0.5, 0.6) is 5.75 Å². The second-order valence-electron chi connectivity index (χ2n) is 4.77. The van der Waals surface area contributed by atoms with Gasteiger partial charge in [0.2, 0.25) is 5.91 Å². The first-order valence-corrected chi connectivity index (χ1v) is 5.80. The number of nitrogen functional groups attached to an aromatic ring is 1. The predicted molar refractivity (Wildman–Crippen MR) is 73.7 cm³/mol. The van der Waals surface area contributed by atoms with E-state index >= 15 is 0 Å². The average molecular weight is 251 g/mol. The Labute approximate surface area is 108 Å². The maximum Gasteiger partial charge on any atom is 0.227 e. The Kier molecular flexibility index (Phi) is 4.42. The van der Waals surface area contributed by atoms with Gasteiger partial charge in [0.05, 0.1) is 23.9 Å². The minimum Gasteiger partial charge on any atom is -0.497 e. The second kappa shape index (κ2) is 5.62. The molecule has 1 amide bonds. The lowest BCUT2D eigenvalue weighted by Crippen LogP contribution is -2.39. The Hall–Kier alpha value is -1.91. The molecule has 5 nitrogen and oxygen atoms in total. The average Bonchev–Trinajstić information content (AvgIpc) is 2.36. The molecule has 5 heteroatoms. The van der Waals surface area contributed by atoms with Gasteiger partial charge in [-0.15, -0.1) is 0 Å². The van der Waals surface area contributed by atoms with Crippen molar-refractivity contribution in [3.8, 4) is 5.75 Å². The number of carbonyl (C=O) groups is 1. The minimum atomic E-state index is -0.510. The number of hydrogen-bond donors (Lipinski definition) is 3. The number of methoxy groups -OCH3 is 1. The highest BCUT2D eigenvalue weighted by Crippen LogP contribution is 2.26. The van der Waals surface area contributed by atoms with Crippen LogP contribution in [-0.4, -0.2) is 26.6 Å². The predicted octanol–water partition coefficient (Wildman–Crippen LogP) is 1.46. The van der Waals surface area contributed by atoms with E-state index in [1.54, 1.807) is 26.3 Å². The molecule has 0 aliphatic rings. The lowest BCUT2D eigenvalue weighted by Gasteiger charge is -2.24. The van der Waals surface area contributed by atoms with Crippen LogP contribution in [0.15, 0.2) is 18.2 Å². The highest BCUT2D eigenvalue weighted by molar-refractivity contribution is 5.82. The fraction of sp³-hybridized carbons (Fsp3) is 0.462. The van der Waals surface area contributed by atoms with Gasteiger partial charge in [0.25, 0.3) is 0 Å². The van der Waals surface area contributed by atoms with E-state index in [1.807, 2.05) is 19.9 Å². The van der Waals surface area contributed by atoms with Crippen molar-refractivity contribution in [3.63, 3.8) is 0 Å². The number of nitrogens with two attached hydrogens (primary N) is 1. The molecule has 1 rings (SSSR count). The van der Waals surface area contributed by atoms with Gasteiger partial charge < -0.3 is 21.1 Å². The zero-order valence-electron chi connectivity index (χ0n) is 11.3. The van der Waals surface area contributed by atoms with E-state index in [0.717, 1.165) is 11.4 Å². The first-order valence-electron chi connectivity index (χ1n) is 5.80. The van der Waals surface area contributed by atoms with E-state index in [1.165, 1.54) is 0 Å². The summed E-state index contributed by atoms with van der Waals surface area (Å²) in [6.07, 6.45) is 0. The normalized spacial score (nSPS) is 10.9. The van der Waals surface area contributed by atoms with Gasteiger partial charge in [-0.2, -0.15) is 0 Å². The number of amides is 1. The van der Waals surface area contributed by atoms with Crippen LogP contribution in [0.4, 0.5) is 11.4 Å². The summed E-state index contributed by atoms with van der Waals surface area (Å²) in [6.45, 7) is 4.23. The monoisotopic (exact) mass is 251 g/mol. The highest BCUT2D eigenvalue weighted by atomic mass is 16.5. The molecule has 0 unspecified atom stereocenters. The third-order valence-corrected chi connectivity index (χ3v) is 2.82. The summed E-state index contributed by atoms with van der Waals surface area (Å²) in [5.41, 5.74) is 6.75. The molecule has 1 aromatic rings. The van der Waals surface area contributed by atoms with E-state index in [-0.39, 0.29) is 5.91 Å². The van der Waals surface area contributed by atoms with Gasteiger partial charge in [-0.05, 0) is 26.0 Å². The van der Waals surface area contributed by atoms with Crippen molar-refractivity contribution in [2.45, 2.75) is 13.8 Å². The zero-order chi connectivity index (χ0) is 13.8. The minimum absolute atomic E-state index is 0.0172. The lowest BCUT2D eigenvalue weighted by molar-refractivity contribution is -0.128. The molecule has 0 spiro atoms. The number of benzene rings is 1. The van der Waals surface area contributed by atoms with Crippen LogP contribution in [0, 0.1) is 5.41 Å². The Bertz CT molecular complexity index is 430. The molecule has 18 heavy (non-hydrogen) atoms. The van der Waals surface area contributed by atoms with E-state index in [0.29, 0.717) is 12.2 Å². The molecule has 0 saturated heterocycles. The van der Waals surface area contributed by atoms with Crippen LogP contribution in [0.25, 0.3) is 0 Å². The molecule has 1 aromatic carbocycles. The molecule has 4 N–H and O–H groups in total. The molecule has 0 saturated carbocycles. The molecule has 0 atom stereocenters. The summed E-state index contributed by atoms with van der Waals surface area (Å²) in [5, 5.41) is 5.82. The quantitative estimate of drug-likeness (QED) is 0.692. The van der Waals surface area contributed by atoms with Crippen LogP contribution in [-0.2, 0) is 4.79 Å². The third kappa shape index (κ3) is 3.29. The van der Waals surface area contributed by atoms with Crippen LogP contribution < -0.4 is 21.1 Å². The van der Waals surface area contributed by atoms with Crippen molar-refractivity contribution in [1.82, 2.24) is 5.32 Å². The molecule has 0 aliphatic heterocycles. The molecule has 0 aliphatic carbocycles. The van der Waals surface area contributed by atoms with Crippen molar-refractivity contribution >= 4 is 17.3 Å². The van der Waals surface area contributed by atoms with Gasteiger partial charge in [-0.25, -0.2) is 0 Å². The van der Waals surface area contributed by atoms with E-state index in [2.05, 4.69) is 10.6 Å². The molecule has 0 radical (unpaired) electrons. The standard InChI is InChI=1S/C13H21N3O2/c1-13(2,12(17)15-3)8-16-11-7-9(18-4)5-6-10(11)14/h5-7,16H,8,14H2,1-4H3,(H,15,17). The maximum atomic E-state index is 11.7. The molecular weight excluding hydrogens is 230 g/mol. The Morgan fingerprint density at radius 2 is 2.11 bits per heavy atom. The summed E-state index contributed by atoms with van der Waals surface area (Å²) < 4.78 is 5.14. The van der Waals surface area contributed by atoms with Gasteiger partial charge in [-0.1, -0.05) is 0 Å². The van der Waals surface area contributed by atoms with Crippen LogP contribution in [0.2, 0.25) is 0 Å². The van der Waals surface area contributed by atoms with Crippen molar-refractivity contribution in [2.75, 3.05) is 31.8 Å². The number of carbonyl (C=O) groups excluding carboxylic acids is 1. The van der Waals surface area contributed by atoms with E-state index in [9.17, 15) is 4.79 Å². The second-order valence-corrected chi connectivity index (χ2v) is 4.77. The Morgan fingerprint density at radius 3 is 2.67 bits per heavy atom. The summed E-state index contributed by atoms with van der Waals surface area (Å²) in [5.74, 6) is 0.709. The van der Waals surface area contributed by atoms with Crippen molar-refractivity contribution in [3.05, 3.63) is 18.2 Å². The van der Waals surface area contributed by atoms with Gasteiger partial charge in [0.1, 0.15) is 5.75 Å². The first kappa shape index (κ1) is 14.2. The number of hydrogen-bond acceptors (Lipinski definition) is 4. The smallest absolute Gasteiger partial charge is 0.227 e. The van der Waals surface area contributed by atoms with Crippen LogP contribution in [0.1, 0.15) is 13.8 Å². The molecule has 0 aromatic heterocycles. The Morgan fingerprint density at radius 1 is 1.44 bits per heavy atom. The largest absolute Gasteiger partial charge is 0.497 e. The van der Waals surface area contributed by atoms with Crippen molar-refractivity contribution in [2.24, 2.45) is 5.41 Å². The van der Waals surface area contributed by atoms with E-state index < -0.39 is 5.41 Å². The van der Waals surface area contributed by atoms with Crippen LogP contribution in [0.3, 0.4) is 0 Å². The molecule has 100 valence electrons. The van der Waals surface area contributed by atoms with Crippen molar-refractivity contribution in [1.29, 1.82) is 0 Å². The summed E-state index contributed by atoms with van der Waals surface area (Å²) in [6, 6.07) is 5.38. The molecule has 0 heterocycles. The molecule has 0 bridgehead atoms. The third-order valence-electron chi connectivity index (χ3n) is 2.82. The van der Waals surface area contributed by atoms with Gasteiger partial charge in [0, 0.05) is 19.7 Å². The van der Waals surface area contributed by atoms with Gasteiger partial charge in [-0.3, -0.25) is 4.79 Å². The lowest BCUT2D eigenvalue weighted by atomic mass is 9.92. The molecular formula is C13H21N3O2. The highest BCUT2D eigenvalue weighted by Gasteiger charge is 2.26. The zero-order valence-corrected chi connectivity index (χ0v) is 11.3. The fourth-order valence-corrected chi connectivity index (χ4v) is 1.55. The number of rotatable bonds is 5. The fourth-order valence-electron chi connectivity index (χ4n) is 1.55. The SMILES string of the molecule is CNC(=O)C(C)(C)CNc1cc(OC)ccc1N. The van der Waals surface area contributed by atoms with Gasteiger partial charge in [0.15, 0.2) is 0 Å².